The van der Waals surface area contributed by atoms with Crippen LogP contribution >= 0.6 is 0 Å². The molecule has 28 heavy (non-hydrogen) atoms. The molecule has 0 bridgehead atoms. The summed E-state index contributed by atoms with van der Waals surface area (Å²) in [6.07, 6.45) is 7.65. The molecule has 4 heteroatoms. The predicted molar refractivity (Wildman–Crippen MR) is 115 cm³/mol. The lowest BCUT2D eigenvalue weighted by atomic mass is 9.83. The van der Waals surface area contributed by atoms with E-state index < -0.39 is 0 Å². The molecule has 144 valence electrons. The Hall–Kier alpha value is -2.72. The summed E-state index contributed by atoms with van der Waals surface area (Å²) in [5.74, 6) is 1.59. The molecule has 0 amide bonds. The van der Waals surface area contributed by atoms with Gasteiger partial charge in [-0.25, -0.2) is 4.98 Å². The van der Waals surface area contributed by atoms with Crippen molar-refractivity contribution in [3.63, 3.8) is 0 Å². The number of nitrogens with one attached hydrogen (secondary N) is 1. The molecule has 4 nitrogen and oxygen atoms in total. The molecule has 4 rings (SSSR count). The Labute approximate surface area is 167 Å². The maximum atomic E-state index is 6.04. The number of pyridine rings is 2. The largest absolute Gasteiger partial charge is 0.366 e. The molecular weight excluding hydrogens is 344 g/mol. The summed E-state index contributed by atoms with van der Waals surface area (Å²) in [5, 5.41) is 3.42. The van der Waals surface area contributed by atoms with E-state index in [2.05, 4.69) is 52.8 Å². The van der Waals surface area contributed by atoms with Gasteiger partial charge in [-0.1, -0.05) is 36.4 Å². The highest BCUT2D eigenvalue weighted by Gasteiger charge is 2.19. The summed E-state index contributed by atoms with van der Waals surface area (Å²) >= 11 is 0. The van der Waals surface area contributed by atoms with E-state index in [4.69, 9.17) is 10.7 Å². The molecule has 1 aliphatic rings. The van der Waals surface area contributed by atoms with Crippen LogP contribution < -0.4 is 11.1 Å². The molecule has 1 fully saturated rings. The molecule has 2 aromatic heterocycles. The van der Waals surface area contributed by atoms with Gasteiger partial charge in [-0.3, -0.25) is 4.98 Å². The standard InChI is InChI=1S/C24H28N4/c25-21-11-9-18(10-12-21)15-22-16-20(13-14-26-22)23-7-4-8-24(28-23)27-17-19-5-2-1-3-6-19/h1-8,13-14,16,18,21H,9-12,15,17,25H2,(H,27,28). The van der Waals surface area contributed by atoms with Gasteiger partial charge in [0, 0.05) is 30.0 Å². The van der Waals surface area contributed by atoms with Crippen LogP contribution in [0.5, 0.6) is 0 Å². The van der Waals surface area contributed by atoms with E-state index in [-0.39, 0.29) is 0 Å². The van der Waals surface area contributed by atoms with Crippen LogP contribution in [0.2, 0.25) is 0 Å². The fourth-order valence-corrected chi connectivity index (χ4v) is 3.92. The van der Waals surface area contributed by atoms with Crippen molar-refractivity contribution in [1.29, 1.82) is 0 Å². The van der Waals surface area contributed by atoms with E-state index in [0.717, 1.165) is 48.6 Å². The summed E-state index contributed by atoms with van der Waals surface area (Å²) in [4.78, 5) is 9.40. The van der Waals surface area contributed by atoms with Crippen molar-refractivity contribution in [2.75, 3.05) is 5.32 Å². The van der Waals surface area contributed by atoms with E-state index in [0.29, 0.717) is 12.0 Å². The predicted octanol–water partition coefficient (Wildman–Crippen LogP) is 4.82. The normalized spacial score (nSPS) is 19.3. The van der Waals surface area contributed by atoms with Crippen LogP contribution in [0.3, 0.4) is 0 Å². The zero-order valence-electron chi connectivity index (χ0n) is 16.2. The lowest BCUT2D eigenvalue weighted by Crippen LogP contribution is -2.27. The zero-order chi connectivity index (χ0) is 19.2. The summed E-state index contributed by atoms with van der Waals surface area (Å²) in [6, 6.07) is 21.1. The Morgan fingerprint density at radius 3 is 2.57 bits per heavy atom. The lowest BCUT2D eigenvalue weighted by Gasteiger charge is -2.25. The van der Waals surface area contributed by atoms with Crippen molar-refractivity contribution in [3.05, 3.63) is 78.1 Å². The van der Waals surface area contributed by atoms with Crippen LogP contribution in [-0.2, 0) is 13.0 Å². The highest BCUT2D eigenvalue weighted by molar-refractivity contribution is 5.61. The maximum absolute atomic E-state index is 6.04. The van der Waals surface area contributed by atoms with Crippen molar-refractivity contribution in [3.8, 4) is 11.3 Å². The monoisotopic (exact) mass is 372 g/mol. The van der Waals surface area contributed by atoms with E-state index in [1.54, 1.807) is 0 Å². The van der Waals surface area contributed by atoms with E-state index in [1.807, 2.05) is 24.4 Å². The number of nitrogens with two attached hydrogens (primary N) is 1. The zero-order valence-corrected chi connectivity index (χ0v) is 16.2. The van der Waals surface area contributed by atoms with Crippen molar-refractivity contribution in [2.24, 2.45) is 11.7 Å². The average Bonchev–Trinajstić information content (AvgIpc) is 2.75. The smallest absolute Gasteiger partial charge is 0.126 e. The number of anilines is 1. The van der Waals surface area contributed by atoms with Crippen molar-refractivity contribution in [1.82, 2.24) is 9.97 Å². The quantitative estimate of drug-likeness (QED) is 0.651. The highest BCUT2D eigenvalue weighted by Crippen LogP contribution is 2.27. The van der Waals surface area contributed by atoms with E-state index in [9.17, 15) is 0 Å². The second-order valence-electron chi connectivity index (χ2n) is 7.77. The van der Waals surface area contributed by atoms with Gasteiger partial charge in [-0.05, 0) is 67.9 Å². The third-order valence-corrected chi connectivity index (χ3v) is 5.57. The van der Waals surface area contributed by atoms with Crippen LogP contribution in [0.4, 0.5) is 5.82 Å². The summed E-state index contributed by atoms with van der Waals surface area (Å²) in [6.45, 7) is 0.767. The number of hydrogen-bond donors (Lipinski definition) is 2. The topological polar surface area (TPSA) is 63.8 Å². The van der Waals surface area contributed by atoms with Crippen molar-refractivity contribution >= 4 is 5.82 Å². The first-order chi connectivity index (χ1) is 13.8. The Bertz CT molecular complexity index is 886. The van der Waals surface area contributed by atoms with Gasteiger partial charge in [0.15, 0.2) is 0 Å². The molecule has 3 aromatic rings. The van der Waals surface area contributed by atoms with Crippen LogP contribution in [0, 0.1) is 5.92 Å². The minimum Gasteiger partial charge on any atom is -0.366 e. The number of aromatic nitrogens is 2. The minimum absolute atomic E-state index is 0.394. The molecule has 3 N–H and O–H groups in total. The number of hydrogen-bond acceptors (Lipinski definition) is 4. The Morgan fingerprint density at radius 2 is 1.75 bits per heavy atom. The first-order valence-corrected chi connectivity index (χ1v) is 10.2. The molecule has 1 saturated carbocycles. The van der Waals surface area contributed by atoms with E-state index in [1.165, 1.54) is 18.4 Å². The number of rotatable bonds is 6. The SMILES string of the molecule is NC1CCC(Cc2cc(-c3cccc(NCc4ccccc4)n3)ccn2)CC1. The fraction of sp³-hybridized carbons (Fsp3) is 0.333. The van der Waals surface area contributed by atoms with Gasteiger partial charge in [-0.15, -0.1) is 0 Å². The first kappa shape index (κ1) is 18.6. The van der Waals surface area contributed by atoms with Gasteiger partial charge in [0.05, 0.1) is 5.69 Å². The van der Waals surface area contributed by atoms with Crippen molar-refractivity contribution in [2.45, 2.75) is 44.7 Å². The van der Waals surface area contributed by atoms with Crippen LogP contribution in [0.25, 0.3) is 11.3 Å². The van der Waals surface area contributed by atoms with Crippen LogP contribution in [-0.4, -0.2) is 16.0 Å². The second-order valence-corrected chi connectivity index (χ2v) is 7.77. The Morgan fingerprint density at radius 1 is 0.929 bits per heavy atom. The van der Waals surface area contributed by atoms with Gasteiger partial charge in [-0.2, -0.15) is 0 Å². The number of benzene rings is 1. The Balaban J connectivity index is 1.43. The molecule has 0 atom stereocenters. The molecule has 1 aliphatic carbocycles. The van der Waals surface area contributed by atoms with E-state index >= 15 is 0 Å². The minimum atomic E-state index is 0.394. The molecule has 0 saturated heterocycles. The molecule has 2 heterocycles. The van der Waals surface area contributed by atoms with Crippen molar-refractivity contribution < 1.29 is 0 Å². The molecule has 0 radical (unpaired) electrons. The van der Waals surface area contributed by atoms with Gasteiger partial charge in [0.1, 0.15) is 5.82 Å². The molecule has 0 unspecified atom stereocenters. The lowest BCUT2D eigenvalue weighted by molar-refractivity contribution is 0.323. The first-order valence-electron chi connectivity index (χ1n) is 10.2. The summed E-state index contributed by atoms with van der Waals surface area (Å²) in [7, 11) is 0. The molecule has 0 aliphatic heterocycles. The van der Waals surface area contributed by atoms with Gasteiger partial charge >= 0.3 is 0 Å². The van der Waals surface area contributed by atoms with Gasteiger partial charge in [0.25, 0.3) is 0 Å². The highest BCUT2D eigenvalue weighted by atomic mass is 15.0. The average molecular weight is 373 g/mol. The van der Waals surface area contributed by atoms with Gasteiger partial charge in [0.2, 0.25) is 0 Å². The Kier molecular flexibility index (Phi) is 5.98. The third-order valence-electron chi connectivity index (χ3n) is 5.57. The van der Waals surface area contributed by atoms with Gasteiger partial charge < -0.3 is 11.1 Å². The third kappa shape index (κ3) is 4.96. The van der Waals surface area contributed by atoms with Crippen LogP contribution in [0.15, 0.2) is 66.9 Å². The van der Waals surface area contributed by atoms with Crippen LogP contribution in [0.1, 0.15) is 36.9 Å². The molecular formula is C24H28N4. The molecule has 0 spiro atoms. The maximum Gasteiger partial charge on any atom is 0.126 e. The number of nitrogens with zero attached hydrogens (tertiary/aromatic N) is 2. The molecule has 1 aromatic carbocycles. The summed E-state index contributed by atoms with van der Waals surface area (Å²) in [5.41, 5.74) is 10.5. The second kappa shape index (κ2) is 8.98. The fourth-order valence-electron chi connectivity index (χ4n) is 3.92. The summed E-state index contributed by atoms with van der Waals surface area (Å²) < 4.78 is 0.